The minimum absolute atomic E-state index is 0.147. The molecule has 1 unspecified atom stereocenters. The van der Waals surface area contributed by atoms with E-state index in [-0.39, 0.29) is 5.91 Å². The van der Waals surface area contributed by atoms with Crippen molar-refractivity contribution in [3.63, 3.8) is 0 Å². The average Bonchev–Trinajstić information content (AvgIpc) is 2.76. The van der Waals surface area contributed by atoms with Gasteiger partial charge in [-0.2, -0.15) is 0 Å². The summed E-state index contributed by atoms with van der Waals surface area (Å²) >= 11 is 3.44. The van der Waals surface area contributed by atoms with Gasteiger partial charge in [-0.15, -0.1) is 0 Å². The fourth-order valence-electron chi connectivity index (χ4n) is 1.75. The normalized spacial score (nSPS) is 23.6. The highest BCUT2D eigenvalue weighted by molar-refractivity contribution is 9.10. The molecule has 2 rings (SSSR count). The second-order valence-electron chi connectivity index (χ2n) is 4.23. The van der Waals surface area contributed by atoms with Gasteiger partial charge >= 0.3 is 0 Å². The molecule has 0 bridgehead atoms. The van der Waals surface area contributed by atoms with E-state index in [0.717, 1.165) is 10.0 Å². The van der Waals surface area contributed by atoms with Gasteiger partial charge in [0.15, 0.2) is 0 Å². The van der Waals surface area contributed by atoms with Crippen LogP contribution in [0.1, 0.15) is 12.0 Å². The zero-order valence-corrected chi connectivity index (χ0v) is 11.0. The lowest BCUT2D eigenvalue weighted by atomic mass is 9.99. The zero-order valence-electron chi connectivity index (χ0n) is 9.41. The molecule has 5 heteroatoms. The molecule has 0 aromatic heterocycles. The van der Waals surface area contributed by atoms with Gasteiger partial charge in [0.25, 0.3) is 0 Å². The lowest BCUT2D eigenvalue weighted by Gasteiger charge is -2.20. The van der Waals surface area contributed by atoms with E-state index in [4.69, 9.17) is 10.5 Å². The monoisotopic (exact) mass is 298 g/mol. The van der Waals surface area contributed by atoms with Crippen molar-refractivity contribution in [3.8, 4) is 0 Å². The molecule has 1 saturated heterocycles. The lowest BCUT2D eigenvalue weighted by molar-refractivity contribution is -0.126. The molecular formula is C12H15BrN2O2. The number of rotatable bonds is 3. The first-order valence-corrected chi connectivity index (χ1v) is 6.29. The lowest BCUT2D eigenvalue weighted by Crippen LogP contribution is -2.54. The van der Waals surface area contributed by atoms with Crippen molar-refractivity contribution < 1.29 is 9.53 Å². The summed E-state index contributed by atoms with van der Waals surface area (Å²) in [6.07, 6.45) is 0.578. The van der Waals surface area contributed by atoms with Crippen molar-refractivity contribution in [1.29, 1.82) is 0 Å². The summed E-state index contributed by atoms with van der Waals surface area (Å²) in [5.74, 6) is -0.147. The summed E-state index contributed by atoms with van der Waals surface area (Å²) in [6.45, 7) is 1.33. The van der Waals surface area contributed by atoms with Crippen LogP contribution in [0.3, 0.4) is 0 Å². The Morgan fingerprint density at radius 3 is 2.94 bits per heavy atom. The molecule has 1 heterocycles. The zero-order chi connectivity index (χ0) is 12.3. The van der Waals surface area contributed by atoms with Gasteiger partial charge in [-0.1, -0.05) is 34.1 Å². The van der Waals surface area contributed by atoms with E-state index < -0.39 is 5.54 Å². The Morgan fingerprint density at radius 1 is 1.53 bits per heavy atom. The van der Waals surface area contributed by atoms with Crippen molar-refractivity contribution in [1.82, 2.24) is 5.32 Å². The maximum absolute atomic E-state index is 11.9. The standard InChI is InChI=1S/C12H15BrN2O2/c13-10-4-2-1-3-9(10)7-15-11(16)12(14)5-6-17-8-12/h1-4H,5-8,14H2,(H,15,16). The molecule has 3 N–H and O–H groups in total. The molecule has 17 heavy (non-hydrogen) atoms. The second kappa shape index (κ2) is 5.16. The number of halogens is 1. The Hall–Kier alpha value is -0.910. The number of amides is 1. The molecular weight excluding hydrogens is 284 g/mol. The van der Waals surface area contributed by atoms with Crippen LogP contribution < -0.4 is 11.1 Å². The molecule has 1 aliphatic rings. The molecule has 0 radical (unpaired) electrons. The van der Waals surface area contributed by atoms with Gasteiger partial charge in [0.2, 0.25) is 5.91 Å². The number of nitrogens with one attached hydrogen (secondary N) is 1. The van der Waals surface area contributed by atoms with Crippen molar-refractivity contribution in [2.45, 2.75) is 18.5 Å². The first-order chi connectivity index (χ1) is 8.12. The van der Waals surface area contributed by atoms with Crippen LogP contribution in [0.4, 0.5) is 0 Å². The van der Waals surface area contributed by atoms with Crippen molar-refractivity contribution >= 4 is 21.8 Å². The quantitative estimate of drug-likeness (QED) is 0.881. The molecule has 4 nitrogen and oxygen atoms in total. The molecule has 0 saturated carbocycles. The van der Waals surface area contributed by atoms with Gasteiger partial charge in [0.05, 0.1) is 6.61 Å². The Bertz CT molecular complexity index is 417. The van der Waals surface area contributed by atoms with Gasteiger partial charge in [0, 0.05) is 17.6 Å². The van der Waals surface area contributed by atoms with Crippen LogP contribution in [0.15, 0.2) is 28.7 Å². The Labute approximate surface area is 109 Å². The van der Waals surface area contributed by atoms with E-state index >= 15 is 0 Å². The number of ether oxygens (including phenoxy) is 1. The van der Waals surface area contributed by atoms with Gasteiger partial charge in [-0.05, 0) is 18.1 Å². The van der Waals surface area contributed by atoms with Crippen LogP contribution in [0, 0.1) is 0 Å². The second-order valence-corrected chi connectivity index (χ2v) is 5.09. The van der Waals surface area contributed by atoms with E-state index in [1.807, 2.05) is 24.3 Å². The minimum atomic E-state index is -0.860. The number of hydrogen-bond donors (Lipinski definition) is 2. The maximum Gasteiger partial charge on any atom is 0.242 e. The highest BCUT2D eigenvalue weighted by Crippen LogP contribution is 2.18. The summed E-state index contributed by atoms with van der Waals surface area (Å²) in [5, 5.41) is 2.85. The average molecular weight is 299 g/mol. The van der Waals surface area contributed by atoms with Gasteiger partial charge in [-0.25, -0.2) is 0 Å². The van der Waals surface area contributed by atoms with Crippen LogP contribution in [-0.4, -0.2) is 24.7 Å². The molecule has 92 valence electrons. The van der Waals surface area contributed by atoms with Crippen molar-refractivity contribution in [3.05, 3.63) is 34.3 Å². The van der Waals surface area contributed by atoms with Crippen molar-refractivity contribution in [2.24, 2.45) is 5.73 Å². The summed E-state index contributed by atoms with van der Waals surface area (Å²) in [7, 11) is 0. The first-order valence-electron chi connectivity index (χ1n) is 5.50. The van der Waals surface area contributed by atoms with Gasteiger partial charge in [-0.3, -0.25) is 4.79 Å². The van der Waals surface area contributed by atoms with E-state index in [9.17, 15) is 4.79 Å². The van der Waals surface area contributed by atoms with Gasteiger partial charge in [0.1, 0.15) is 5.54 Å². The Balaban J connectivity index is 1.94. The SMILES string of the molecule is NC1(C(=O)NCc2ccccc2Br)CCOC1. The van der Waals surface area contributed by atoms with Crippen LogP contribution in [-0.2, 0) is 16.1 Å². The topological polar surface area (TPSA) is 64.4 Å². The van der Waals surface area contributed by atoms with E-state index in [1.54, 1.807) is 0 Å². The van der Waals surface area contributed by atoms with Gasteiger partial charge < -0.3 is 15.8 Å². The number of carbonyl (C=O) groups is 1. The molecule has 0 spiro atoms. The van der Waals surface area contributed by atoms with Crippen LogP contribution >= 0.6 is 15.9 Å². The first kappa shape index (κ1) is 12.5. The molecule has 1 aliphatic heterocycles. The van der Waals surface area contributed by atoms with Crippen LogP contribution in [0.2, 0.25) is 0 Å². The van der Waals surface area contributed by atoms with E-state index in [1.165, 1.54) is 0 Å². The Kier molecular flexibility index (Phi) is 3.81. The summed E-state index contributed by atoms with van der Waals surface area (Å²) in [4.78, 5) is 11.9. The predicted molar refractivity (Wildman–Crippen MR) is 68.3 cm³/mol. The molecule has 1 aromatic carbocycles. The molecule has 0 aliphatic carbocycles. The third-order valence-electron chi connectivity index (χ3n) is 2.90. The number of hydrogen-bond acceptors (Lipinski definition) is 3. The number of benzene rings is 1. The fraction of sp³-hybridized carbons (Fsp3) is 0.417. The smallest absolute Gasteiger partial charge is 0.242 e. The van der Waals surface area contributed by atoms with E-state index in [2.05, 4.69) is 21.2 Å². The molecule has 1 atom stereocenters. The highest BCUT2D eigenvalue weighted by Gasteiger charge is 2.37. The Morgan fingerprint density at radius 2 is 2.29 bits per heavy atom. The summed E-state index contributed by atoms with van der Waals surface area (Å²) < 4.78 is 6.14. The summed E-state index contributed by atoms with van der Waals surface area (Å²) in [6, 6.07) is 7.77. The number of carbonyl (C=O) groups excluding carboxylic acids is 1. The maximum atomic E-state index is 11.9. The van der Waals surface area contributed by atoms with Crippen molar-refractivity contribution in [2.75, 3.05) is 13.2 Å². The van der Waals surface area contributed by atoms with E-state index in [0.29, 0.717) is 26.2 Å². The molecule has 1 amide bonds. The predicted octanol–water partition coefficient (Wildman–Crippen LogP) is 1.18. The van der Waals surface area contributed by atoms with Crippen LogP contribution in [0.5, 0.6) is 0 Å². The highest BCUT2D eigenvalue weighted by atomic mass is 79.9. The molecule has 1 aromatic rings. The third-order valence-corrected chi connectivity index (χ3v) is 3.68. The minimum Gasteiger partial charge on any atom is -0.379 e. The number of nitrogens with two attached hydrogens (primary N) is 1. The fourth-order valence-corrected chi connectivity index (χ4v) is 2.18. The van der Waals surface area contributed by atoms with Crippen LogP contribution in [0.25, 0.3) is 0 Å². The summed E-state index contributed by atoms with van der Waals surface area (Å²) in [5.41, 5.74) is 6.13. The largest absolute Gasteiger partial charge is 0.379 e. The third kappa shape index (κ3) is 2.86. The molecule has 1 fully saturated rings.